The van der Waals surface area contributed by atoms with Crippen LogP contribution in [0.3, 0.4) is 0 Å². The Hall–Kier alpha value is -1.33. The SMILES string of the molecule is Cn1cccc1CNC(=O)C1(CN)CCOCC1. The molecule has 0 radical (unpaired) electrons. The Balaban J connectivity index is 1.96. The molecule has 1 saturated heterocycles. The second-order valence-electron chi connectivity index (χ2n) is 4.89. The van der Waals surface area contributed by atoms with Gasteiger partial charge in [-0.05, 0) is 25.0 Å². The van der Waals surface area contributed by atoms with Crippen LogP contribution in [0.25, 0.3) is 0 Å². The fraction of sp³-hybridized carbons (Fsp3) is 0.615. The summed E-state index contributed by atoms with van der Waals surface area (Å²) in [6, 6.07) is 3.97. The summed E-state index contributed by atoms with van der Waals surface area (Å²) in [5.41, 5.74) is 6.44. The highest BCUT2D eigenvalue weighted by molar-refractivity contribution is 5.83. The van der Waals surface area contributed by atoms with Gasteiger partial charge in [0.15, 0.2) is 0 Å². The van der Waals surface area contributed by atoms with Gasteiger partial charge in [-0.25, -0.2) is 0 Å². The van der Waals surface area contributed by atoms with Crippen LogP contribution < -0.4 is 11.1 Å². The number of nitrogens with one attached hydrogen (secondary N) is 1. The number of hydrogen-bond acceptors (Lipinski definition) is 3. The summed E-state index contributed by atoms with van der Waals surface area (Å²) in [7, 11) is 1.97. The molecule has 0 saturated carbocycles. The zero-order valence-electron chi connectivity index (χ0n) is 10.8. The van der Waals surface area contributed by atoms with Gasteiger partial charge in [0.25, 0.3) is 0 Å². The Labute approximate surface area is 107 Å². The minimum atomic E-state index is -0.441. The number of aromatic nitrogens is 1. The molecule has 0 aliphatic carbocycles. The molecule has 1 fully saturated rings. The lowest BCUT2D eigenvalue weighted by Gasteiger charge is -2.34. The third-order valence-electron chi connectivity index (χ3n) is 3.80. The molecule has 0 bridgehead atoms. The first-order chi connectivity index (χ1) is 8.68. The average Bonchev–Trinajstić information content (AvgIpc) is 2.82. The molecule has 0 spiro atoms. The second-order valence-corrected chi connectivity index (χ2v) is 4.89. The normalized spacial score (nSPS) is 18.6. The molecule has 0 aromatic carbocycles. The van der Waals surface area contributed by atoms with E-state index in [-0.39, 0.29) is 5.91 Å². The summed E-state index contributed by atoms with van der Waals surface area (Å²) in [6.45, 7) is 2.17. The van der Waals surface area contributed by atoms with E-state index < -0.39 is 5.41 Å². The van der Waals surface area contributed by atoms with Crippen molar-refractivity contribution in [3.63, 3.8) is 0 Å². The molecule has 100 valence electrons. The molecule has 0 atom stereocenters. The number of rotatable bonds is 4. The lowest BCUT2D eigenvalue weighted by atomic mass is 9.79. The smallest absolute Gasteiger partial charge is 0.227 e. The van der Waals surface area contributed by atoms with Gasteiger partial charge in [0, 0.05) is 38.7 Å². The van der Waals surface area contributed by atoms with Crippen molar-refractivity contribution in [2.75, 3.05) is 19.8 Å². The van der Waals surface area contributed by atoms with Crippen LogP contribution in [-0.4, -0.2) is 30.2 Å². The van der Waals surface area contributed by atoms with Crippen molar-refractivity contribution in [2.24, 2.45) is 18.2 Å². The molecule has 1 aromatic rings. The van der Waals surface area contributed by atoms with Gasteiger partial charge in [0.05, 0.1) is 12.0 Å². The summed E-state index contributed by atoms with van der Waals surface area (Å²) in [4.78, 5) is 12.3. The first-order valence-corrected chi connectivity index (χ1v) is 6.34. The van der Waals surface area contributed by atoms with Crippen molar-refractivity contribution in [3.8, 4) is 0 Å². The molecule has 1 aliphatic heterocycles. The Morgan fingerprint density at radius 1 is 1.56 bits per heavy atom. The van der Waals surface area contributed by atoms with Crippen LogP contribution in [-0.2, 0) is 23.1 Å². The maximum absolute atomic E-state index is 12.3. The predicted molar refractivity (Wildman–Crippen MR) is 68.8 cm³/mol. The van der Waals surface area contributed by atoms with E-state index in [0.29, 0.717) is 39.1 Å². The van der Waals surface area contributed by atoms with Crippen LogP contribution in [0.4, 0.5) is 0 Å². The van der Waals surface area contributed by atoms with Gasteiger partial charge in [0.2, 0.25) is 5.91 Å². The monoisotopic (exact) mass is 251 g/mol. The van der Waals surface area contributed by atoms with Crippen molar-refractivity contribution in [1.29, 1.82) is 0 Å². The number of aryl methyl sites for hydroxylation is 1. The van der Waals surface area contributed by atoms with Crippen LogP contribution in [0.2, 0.25) is 0 Å². The maximum atomic E-state index is 12.3. The van der Waals surface area contributed by atoms with E-state index in [1.807, 2.05) is 29.9 Å². The van der Waals surface area contributed by atoms with E-state index in [9.17, 15) is 4.79 Å². The first-order valence-electron chi connectivity index (χ1n) is 6.34. The van der Waals surface area contributed by atoms with E-state index in [2.05, 4.69) is 5.32 Å². The van der Waals surface area contributed by atoms with Gasteiger partial charge in [-0.15, -0.1) is 0 Å². The third-order valence-corrected chi connectivity index (χ3v) is 3.80. The van der Waals surface area contributed by atoms with Crippen LogP contribution >= 0.6 is 0 Å². The van der Waals surface area contributed by atoms with Gasteiger partial charge in [0.1, 0.15) is 0 Å². The molecule has 1 amide bonds. The number of ether oxygens (including phenoxy) is 1. The van der Waals surface area contributed by atoms with Gasteiger partial charge >= 0.3 is 0 Å². The van der Waals surface area contributed by atoms with E-state index in [0.717, 1.165) is 5.69 Å². The van der Waals surface area contributed by atoms with Crippen LogP contribution in [0.15, 0.2) is 18.3 Å². The Bertz CT molecular complexity index is 408. The molecular formula is C13H21N3O2. The topological polar surface area (TPSA) is 69.3 Å². The molecule has 2 heterocycles. The van der Waals surface area contributed by atoms with Gasteiger partial charge in [-0.1, -0.05) is 0 Å². The number of nitrogens with zero attached hydrogens (tertiary/aromatic N) is 1. The van der Waals surface area contributed by atoms with Crippen molar-refractivity contribution in [2.45, 2.75) is 19.4 Å². The number of carbonyl (C=O) groups excluding carboxylic acids is 1. The van der Waals surface area contributed by atoms with Crippen molar-refractivity contribution in [1.82, 2.24) is 9.88 Å². The van der Waals surface area contributed by atoms with Gasteiger partial charge in [-0.2, -0.15) is 0 Å². The molecule has 18 heavy (non-hydrogen) atoms. The van der Waals surface area contributed by atoms with Crippen LogP contribution in [0, 0.1) is 5.41 Å². The molecular weight excluding hydrogens is 230 g/mol. The largest absolute Gasteiger partial charge is 0.381 e. The Morgan fingerprint density at radius 2 is 2.28 bits per heavy atom. The molecule has 5 heteroatoms. The summed E-state index contributed by atoms with van der Waals surface area (Å²) >= 11 is 0. The molecule has 5 nitrogen and oxygen atoms in total. The van der Waals surface area contributed by atoms with E-state index in [1.54, 1.807) is 0 Å². The minimum absolute atomic E-state index is 0.0505. The number of carbonyl (C=O) groups is 1. The molecule has 0 unspecified atom stereocenters. The number of hydrogen-bond donors (Lipinski definition) is 2. The summed E-state index contributed by atoms with van der Waals surface area (Å²) in [5, 5.41) is 2.99. The fourth-order valence-corrected chi connectivity index (χ4v) is 2.32. The molecule has 2 rings (SSSR count). The molecule has 1 aromatic heterocycles. The quantitative estimate of drug-likeness (QED) is 0.813. The van der Waals surface area contributed by atoms with E-state index in [4.69, 9.17) is 10.5 Å². The second kappa shape index (κ2) is 5.54. The fourth-order valence-electron chi connectivity index (χ4n) is 2.32. The first kappa shape index (κ1) is 13.1. The third kappa shape index (κ3) is 2.57. The minimum Gasteiger partial charge on any atom is -0.381 e. The lowest BCUT2D eigenvalue weighted by Crippen LogP contribution is -2.49. The van der Waals surface area contributed by atoms with Crippen molar-refractivity contribution < 1.29 is 9.53 Å². The maximum Gasteiger partial charge on any atom is 0.227 e. The zero-order chi connectivity index (χ0) is 13.0. The van der Waals surface area contributed by atoms with Crippen LogP contribution in [0.5, 0.6) is 0 Å². The Morgan fingerprint density at radius 3 is 2.83 bits per heavy atom. The highest BCUT2D eigenvalue weighted by atomic mass is 16.5. The van der Waals surface area contributed by atoms with Gasteiger partial charge in [-0.3, -0.25) is 4.79 Å². The summed E-state index contributed by atoms with van der Waals surface area (Å²) < 4.78 is 7.31. The molecule has 3 N–H and O–H groups in total. The summed E-state index contributed by atoms with van der Waals surface area (Å²) in [5.74, 6) is 0.0505. The predicted octanol–water partition coefficient (Wildman–Crippen LogP) is 0.397. The standard InChI is InChI=1S/C13H21N3O2/c1-16-6-2-3-11(16)9-15-12(17)13(10-14)4-7-18-8-5-13/h2-3,6H,4-5,7-10,14H2,1H3,(H,15,17). The average molecular weight is 251 g/mol. The molecule has 1 aliphatic rings. The van der Waals surface area contributed by atoms with Crippen molar-refractivity contribution >= 4 is 5.91 Å². The number of nitrogens with two attached hydrogens (primary N) is 1. The highest BCUT2D eigenvalue weighted by Crippen LogP contribution is 2.29. The van der Waals surface area contributed by atoms with Crippen molar-refractivity contribution in [3.05, 3.63) is 24.0 Å². The Kier molecular flexibility index (Phi) is 4.04. The van der Waals surface area contributed by atoms with E-state index >= 15 is 0 Å². The van der Waals surface area contributed by atoms with Gasteiger partial charge < -0.3 is 20.4 Å². The zero-order valence-corrected chi connectivity index (χ0v) is 10.8. The van der Waals surface area contributed by atoms with E-state index in [1.165, 1.54) is 0 Å². The summed E-state index contributed by atoms with van der Waals surface area (Å²) in [6.07, 6.45) is 3.39. The number of amides is 1. The lowest BCUT2D eigenvalue weighted by molar-refractivity contribution is -0.136. The van der Waals surface area contributed by atoms with Crippen LogP contribution in [0.1, 0.15) is 18.5 Å². The highest BCUT2D eigenvalue weighted by Gasteiger charge is 2.38.